The Hall–Kier alpha value is -1.81. The van der Waals surface area contributed by atoms with Crippen LogP contribution in [0.15, 0.2) is 28.8 Å². The average molecular weight is 271 g/mol. The van der Waals surface area contributed by atoms with E-state index in [2.05, 4.69) is 47.4 Å². The van der Waals surface area contributed by atoms with Crippen LogP contribution in [0.25, 0.3) is 0 Å². The number of rotatable bonds is 5. The number of nitrogens with zero attached hydrogens (tertiary/aromatic N) is 2. The van der Waals surface area contributed by atoms with Gasteiger partial charge in [-0.25, -0.2) is 4.98 Å². The van der Waals surface area contributed by atoms with Crippen molar-refractivity contribution in [1.82, 2.24) is 10.3 Å². The molecule has 2 aromatic rings. The number of fused-ring (bicyclic) bond motifs is 1. The SMILES string of the molecule is CCc1cnc(CNCc2ccc3c(c2)CCN3C)o1. The molecule has 0 unspecified atom stereocenters. The van der Waals surface area contributed by atoms with Crippen molar-refractivity contribution in [3.8, 4) is 0 Å². The maximum atomic E-state index is 5.58. The van der Waals surface area contributed by atoms with Crippen molar-refractivity contribution in [1.29, 1.82) is 0 Å². The molecule has 1 aromatic heterocycles. The van der Waals surface area contributed by atoms with Gasteiger partial charge in [0, 0.05) is 32.2 Å². The van der Waals surface area contributed by atoms with Crippen molar-refractivity contribution in [2.75, 3.05) is 18.5 Å². The lowest BCUT2D eigenvalue weighted by Gasteiger charge is -2.12. The normalized spacial score (nSPS) is 13.8. The molecule has 1 aliphatic rings. The quantitative estimate of drug-likeness (QED) is 0.907. The minimum Gasteiger partial charge on any atom is -0.444 e. The topological polar surface area (TPSA) is 41.3 Å². The Morgan fingerprint density at radius 2 is 2.25 bits per heavy atom. The summed E-state index contributed by atoms with van der Waals surface area (Å²) in [6.07, 6.45) is 3.85. The molecular weight excluding hydrogens is 250 g/mol. The second-order valence-electron chi connectivity index (χ2n) is 5.31. The first-order chi connectivity index (χ1) is 9.76. The number of likely N-dealkylation sites (N-methyl/N-ethyl adjacent to an activating group) is 1. The lowest BCUT2D eigenvalue weighted by molar-refractivity contribution is 0.439. The van der Waals surface area contributed by atoms with Gasteiger partial charge in [0.1, 0.15) is 5.76 Å². The molecule has 4 nitrogen and oxygen atoms in total. The van der Waals surface area contributed by atoms with E-state index >= 15 is 0 Å². The van der Waals surface area contributed by atoms with Gasteiger partial charge in [0.15, 0.2) is 0 Å². The highest BCUT2D eigenvalue weighted by Crippen LogP contribution is 2.27. The van der Waals surface area contributed by atoms with Crippen molar-refractivity contribution in [2.24, 2.45) is 0 Å². The zero-order valence-corrected chi connectivity index (χ0v) is 12.1. The number of benzene rings is 1. The lowest BCUT2D eigenvalue weighted by atomic mass is 10.1. The van der Waals surface area contributed by atoms with Gasteiger partial charge in [-0.1, -0.05) is 19.1 Å². The number of aromatic nitrogens is 1. The van der Waals surface area contributed by atoms with E-state index in [4.69, 9.17) is 4.42 Å². The van der Waals surface area contributed by atoms with E-state index in [1.165, 1.54) is 16.8 Å². The van der Waals surface area contributed by atoms with Gasteiger partial charge < -0.3 is 14.6 Å². The Morgan fingerprint density at radius 3 is 3.05 bits per heavy atom. The fourth-order valence-corrected chi connectivity index (χ4v) is 2.64. The first-order valence-corrected chi connectivity index (χ1v) is 7.23. The number of hydrogen-bond acceptors (Lipinski definition) is 4. The molecule has 4 heteroatoms. The number of hydrogen-bond donors (Lipinski definition) is 1. The molecule has 1 aromatic carbocycles. The van der Waals surface area contributed by atoms with Crippen LogP contribution in [0.2, 0.25) is 0 Å². The van der Waals surface area contributed by atoms with Gasteiger partial charge in [-0.15, -0.1) is 0 Å². The van der Waals surface area contributed by atoms with E-state index in [0.717, 1.165) is 37.6 Å². The Labute approximate surface area is 119 Å². The van der Waals surface area contributed by atoms with Crippen LogP contribution >= 0.6 is 0 Å². The maximum Gasteiger partial charge on any atom is 0.208 e. The molecule has 0 fully saturated rings. The monoisotopic (exact) mass is 271 g/mol. The largest absolute Gasteiger partial charge is 0.444 e. The average Bonchev–Trinajstić information content (AvgIpc) is 3.06. The van der Waals surface area contributed by atoms with Crippen LogP contribution in [0.4, 0.5) is 5.69 Å². The number of anilines is 1. The van der Waals surface area contributed by atoms with E-state index in [9.17, 15) is 0 Å². The molecular formula is C16H21N3O. The Balaban J connectivity index is 1.56. The first kappa shape index (κ1) is 13.2. The molecule has 0 bridgehead atoms. The summed E-state index contributed by atoms with van der Waals surface area (Å²) in [5.41, 5.74) is 4.14. The summed E-state index contributed by atoms with van der Waals surface area (Å²) in [5, 5.41) is 3.39. The van der Waals surface area contributed by atoms with Gasteiger partial charge in [-0.05, 0) is 23.6 Å². The smallest absolute Gasteiger partial charge is 0.208 e. The molecule has 2 heterocycles. The maximum absolute atomic E-state index is 5.58. The summed E-state index contributed by atoms with van der Waals surface area (Å²) in [5.74, 6) is 1.71. The zero-order chi connectivity index (χ0) is 13.9. The second-order valence-corrected chi connectivity index (χ2v) is 5.31. The highest BCUT2D eigenvalue weighted by atomic mass is 16.4. The molecule has 3 rings (SSSR count). The van der Waals surface area contributed by atoms with Gasteiger partial charge in [0.05, 0.1) is 12.7 Å². The summed E-state index contributed by atoms with van der Waals surface area (Å²) in [4.78, 5) is 6.56. The van der Waals surface area contributed by atoms with Crippen LogP contribution < -0.4 is 10.2 Å². The minimum atomic E-state index is 0.678. The van der Waals surface area contributed by atoms with Crippen LogP contribution in [0.5, 0.6) is 0 Å². The lowest BCUT2D eigenvalue weighted by Crippen LogP contribution is -2.13. The summed E-state index contributed by atoms with van der Waals surface area (Å²) in [7, 11) is 2.15. The van der Waals surface area contributed by atoms with Crippen LogP contribution in [0.3, 0.4) is 0 Å². The molecule has 20 heavy (non-hydrogen) atoms. The van der Waals surface area contributed by atoms with E-state index in [1.807, 2.05) is 6.20 Å². The molecule has 0 saturated carbocycles. The van der Waals surface area contributed by atoms with Crippen LogP contribution in [-0.2, 0) is 25.9 Å². The first-order valence-electron chi connectivity index (χ1n) is 7.23. The minimum absolute atomic E-state index is 0.678. The third-order valence-electron chi connectivity index (χ3n) is 3.83. The summed E-state index contributed by atoms with van der Waals surface area (Å²) in [6.45, 7) is 4.72. The molecule has 1 N–H and O–H groups in total. The highest BCUT2D eigenvalue weighted by Gasteiger charge is 2.15. The summed E-state index contributed by atoms with van der Waals surface area (Å²) < 4.78 is 5.58. The Bertz CT molecular complexity index is 591. The molecule has 0 saturated heterocycles. The second kappa shape index (κ2) is 5.67. The molecule has 0 amide bonds. The van der Waals surface area contributed by atoms with Crippen molar-refractivity contribution < 1.29 is 4.42 Å². The van der Waals surface area contributed by atoms with Crippen molar-refractivity contribution >= 4 is 5.69 Å². The molecule has 0 radical (unpaired) electrons. The van der Waals surface area contributed by atoms with E-state index in [1.54, 1.807) is 0 Å². The van der Waals surface area contributed by atoms with Crippen molar-refractivity contribution in [3.05, 3.63) is 47.2 Å². The van der Waals surface area contributed by atoms with E-state index < -0.39 is 0 Å². The highest BCUT2D eigenvalue weighted by molar-refractivity contribution is 5.58. The summed E-state index contributed by atoms with van der Waals surface area (Å²) >= 11 is 0. The van der Waals surface area contributed by atoms with Gasteiger partial charge in [-0.2, -0.15) is 0 Å². The number of aryl methyl sites for hydroxylation is 1. The molecule has 106 valence electrons. The fourth-order valence-electron chi connectivity index (χ4n) is 2.64. The summed E-state index contributed by atoms with van der Waals surface area (Å²) in [6, 6.07) is 6.72. The van der Waals surface area contributed by atoms with Crippen LogP contribution in [-0.4, -0.2) is 18.6 Å². The predicted octanol–water partition coefficient (Wildman–Crippen LogP) is 2.52. The van der Waals surface area contributed by atoms with E-state index in [-0.39, 0.29) is 0 Å². The molecule has 0 aliphatic carbocycles. The van der Waals surface area contributed by atoms with E-state index in [0.29, 0.717) is 6.54 Å². The predicted molar refractivity (Wildman–Crippen MR) is 79.8 cm³/mol. The third kappa shape index (κ3) is 2.70. The van der Waals surface area contributed by atoms with Gasteiger partial charge in [0.2, 0.25) is 5.89 Å². The third-order valence-corrected chi connectivity index (χ3v) is 3.83. The van der Waals surface area contributed by atoms with Gasteiger partial charge in [0.25, 0.3) is 0 Å². The number of nitrogens with one attached hydrogen (secondary N) is 1. The Morgan fingerprint density at radius 1 is 1.35 bits per heavy atom. The standard InChI is InChI=1S/C16H21N3O/c1-3-14-10-18-16(20-14)11-17-9-12-4-5-15-13(8-12)6-7-19(15)2/h4-5,8,10,17H,3,6-7,9,11H2,1-2H3. The molecule has 1 aliphatic heterocycles. The van der Waals surface area contributed by atoms with Crippen LogP contribution in [0.1, 0.15) is 29.7 Å². The van der Waals surface area contributed by atoms with Crippen molar-refractivity contribution in [3.63, 3.8) is 0 Å². The number of oxazole rings is 1. The fraction of sp³-hybridized carbons (Fsp3) is 0.438. The molecule has 0 spiro atoms. The van der Waals surface area contributed by atoms with Gasteiger partial charge in [-0.3, -0.25) is 0 Å². The Kier molecular flexibility index (Phi) is 3.74. The van der Waals surface area contributed by atoms with Gasteiger partial charge >= 0.3 is 0 Å². The zero-order valence-electron chi connectivity index (χ0n) is 12.1. The molecule has 0 atom stereocenters. The van der Waals surface area contributed by atoms with Crippen LogP contribution in [0, 0.1) is 0 Å². The van der Waals surface area contributed by atoms with Crippen molar-refractivity contribution in [2.45, 2.75) is 32.9 Å².